The number of H-pyrrole nitrogens is 2. The normalized spacial score (nSPS) is 17.4. The van der Waals surface area contributed by atoms with E-state index in [-0.39, 0.29) is 23.4 Å². The predicted molar refractivity (Wildman–Crippen MR) is 92.8 cm³/mol. The Balaban J connectivity index is 1.73. The summed E-state index contributed by atoms with van der Waals surface area (Å²) in [5.41, 5.74) is -0.121. The second kappa shape index (κ2) is 7.38. The predicted octanol–water partition coefficient (Wildman–Crippen LogP) is 1.40. The van der Waals surface area contributed by atoms with Crippen LogP contribution in [-0.4, -0.2) is 38.5 Å². The van der Waals surface area contributed by atoms with E-state index in [0.29, 0.717) is 6.54 Å². The van der Waals surface area contributed by atoms with Gasteiger partial charge in [-0.15, -0.1) is 0 Å². The first-order valence-corrected chi connectivity index (χ1v) is 8.45. The molecule has 7 nitrogen and oxygen atoms in total. The quantitative estimate of drug-likeness (QED) is 0.780. The summed E-state index contributed by atoms with van der Waals surface area (Å²) in [6, 6.07) is 8.25. The summed E-state index contributed by atoms with van der Waals surface area (Å²) in [5.74, 6) is -0.0740. The van der Waals surface area contributed by atoms with Crippen LogP contribution in [0.25, 0.3) is 0 Å². The molecule has 3 rings (SSSR count). The Kier molecular flexibility index (Phi) is 5.02. The fourth-order valence-corrected chi connectivity index (χ4v) is 3.30. The molecule has 2 aromatic rings. The number of benzene rings is 1. The SMILES string of the molecule is O=C(c1cc(=O)[nH]c(=O)[nH]1)N1CCCC[C@@H]1CCc1ccc(O)cc1. The van der Waals surface area contributed by atoms with Crippen molar-refractivity contribution in [3.63, 3.8) is 0 Å². The lowest BCUT2D eigenvalue weighted by Gasteiger charge is -2.35. The summed E-state index contributed by atoms with van der Waals surface area (Å²) >= 11 is 0. The van der Waals surface area contributed by atoms with Crippen LogP contribution in [0.4, 0.5) is 0 Å². The number of likely N-dealkylation sites (tertiary alicyclic amines) is 1. The van der Waals surface area contributed by atoms with Crippen LogP contribution in [-0.2, 0) is 6.42 Å². The third-order valence-corrected chi connectivity index (χ3v) is 4.58. The van der Waals surface area contributed by atoms with E-state index in [1.54, 1.807) is 17.0 Å². The molecule has 0 radical (unpaired) electrons. The summed E-state index contributed by atoms with van der Waals surface area (Å²) in [6.07, 6.45) is 4.45. The third-order valence-electron chi connectivity index (χ3n) is 4.58. The van der Waals surface area contributed by atoms with Gasteiger partial charge in [0.05, 0.1) is 0 Å². The van der Waals surface area contributed by atoms with Gasteiger partial charge in [-0.2, -0.15) is 0 Å². The van der Waals surface area contributed by atoms with Crippen LogP contribution in [0.5, 0.6) is 5.75 Å². The molecule has 1 fully saturated rings. The van der Waals surface area contributed by atoms with E-state index in [4.69, 9.17) is 0 Å². The number of aromatic amines is 2. The van der Waals surface area contributed by atoms with Gasteiger partial charge in [0.2, 0.25) is 0 Å². The number of hydrogen-bond donors (Lipinski definition) is 3. The Morgan fingerprint density at radius 2 is 1.92 bits per heavy atom. The molecule has 1 aromatic heterocycles. The maximum atomic E-state index is 12.7. The van der Waals surface area contributed by atoms with Gasteiger partial charge in [0, 0.05) is 18.7 Å². The molecule has 1 amide bonds. The van der Waals surface area contributed by atoms with E-state index >= 15 is 0 Å². The fraction of sp³-hybridized carbons (Fsp3) is 0.389. The van der Waals surface area contributed by atoms with E-state index in [9.17, 15) is 19.5 Å². The zero-order valence-corrected chi connectivity index (χ0v) is 13.8. The maximum absolute atomic E-state index is 12.7. The lowest BCUT2D eigenvalue weighted by Crippen LogP contribution is -2.45. The molecular weight excluding hydrogens is 322 g/mol. The Labute approximate surface area is 144 Å². The maximum Gasteiger partial charge on any atom is 0.326 e. The highest BCUT2D eigenvalue weighted by atomic mass is 16.3. The molecule has 2 heterocycles. The minimum Gasteiger partial charge on any atom is -0.508 e. The standard InChI is InChI=1S/C18H21N3O4/c22-14-8-5-12(6-9-14)4-7-13-3-1-2-10-21(13)17(24)15-11-16(23)20-18(25)19-15/h5-6,8-9,11,13,22H,1-4,7,10H2,(H2,19,20,23,25)/t13-/m1/s1. The highest BCUT2D eigenvalue weighted by molar-refractivity contribution is 5.92. The lowest BCUT2D eigenvalue weighted by molar-refractivity contribution is 0.0595. The van der Waals surface area contributed by atoms with Crippen molar-refractivity contribution in [2.75, 3.05) is 6.54 Å². The van der Waals surface area contributed by atoms with Gasteiger partial charge >= 0.3 is 5.69 Å². The number of amides is 1. The molecule has 25 heavy (non-hydrogen) atoms. The van der Waals surface area contributed by atoms with Gasteiger partial charge in [-0.05, 0) is 49.8 Å². The van der Waals surface area contributed by atoms with Crippen LogP contribution in [0, 0.1) is 0 Å². The van der Waals surface area contributed by atoms with Crippen molar-refractivity contribution in [1.82, 2.24) is 14.9 Å². The van der Waals surface area contributed by atoms with Crippen molar-refractivity contribution >= 4 is 5.91 Å². The Morgan fingerprint density at radius 1 is 1.16 bits per heavy atom. The molecule has 0 saturated carbocycles. The molecule has 132 valence electrons. The van der Waals surface area contributed by atoms with E-state index < -0.39 is 11.2 Å². The molecule has 0 bridgehead atoms. The molecule has 0 spiro atoms. The van der Waals surface area contributed by atoms with E-state index in [1.165, 1.54) is 0 Å². The van der Waals surface area contributed by atoms with Crippen molar-refractivity contribution in [1.29, 1.82) is 0 Å². The first-order chi connectivity index (χ1) is 12.0. The summed E-state index contributed by atoms with van der Waals surface area (Å²) in [7, 11) is 0. The van der Waals surface area contributed by atoms with Gasteiger partial charge in [0.15, 0.2) is 0 Å². The van der Waals surface area contributed by atoms with Crippen LogP contribution in [0.1, 0.15) is 41.7 Å². The summed E-state index contributed by atoms with van der Waals surface area (Å²) in [6.45, 7) is 0.619. The highest BCUT2D eigenvalue weighted by Crippen LogP contribution is 2.23. The van der Waals surface area contributed by atoms with E-state index in [1.807, 2.05) is 12.1 Å². The first-order valence-electron chi connectivity index (χ1n) is 8.45. The second-order valence-electron chi connectivity index (χ2n) is 6.35. The molecule has 1 aromatic carbocycles. The summed E-state index contributed by atoms with van der Waals surface area (Å²) in [4.78, 5) is 41.9. The van der Waals surface area contributed by atoms with Crippen molar-refractivity contribution < 1.29 is 9.90 Å². The lowest BCUT2D eigenvalue weighted by atomic mass is 9.95. The number of aromatic hydroxyl groups is 1. The number of aryl methyl sites for hydroxylation is 1. The molecule has 0 unspecified atom stereocenters. The minimum absolute atomic E-state index is 0.0327. The van der Waals surface area contributed by atoms with Crippen LogP contribution < -0.4 is 11.2 Å². The molecule has 1 saturated heterocycles. The molecule has 3 N–H and O–H groups in total. The van der Waals surface area contributed by atoms with Gasteiger partial charge in [0.25, 0.3) is 11.5 Å². The zero-order chi connectivity index (χ0) is 17.8. The molecule has 1 aliphatic heterocycles. The fourth-order valence-electron chi connectivity index (χ4n) is 3.30. The van der Waals surface area contributed by atoms with Crippen LogP contribution >= 0.6 is 0 Å². The topological polar surface area (TPSA) is 106 Å². The number of carbonyl (C=O) groups is 1. The van der Waals surface area contributed by atoms with E-state index in [2.05, 4.69) is 9.97 Å². The van der Waals surface area contributed by atoms with Crippen LogP contribution in [0.3, 0.4) is 0 Å². The van der Waals surface area contributed by atoms with Crippen molar-refractivity contribution in [2.24, 2.45) is 0 Å². The number of phenolic OH excluding ortho intramolecular Hbond substituents is 1. The summed E-state index contributed by atoms with van der Waals surface area (Å²) < 4.78 is 0. The van der Waals surface area contributed by atoms with Gasteiger partial charge < -0.3 is 15.0 Å². The third kappa shape index (κ3) is 4.17. The van der Waals surface area contributed by atoms with Crippen LogP contribution in [0.15, 0.2) is 39.9 Å². The number of nitrogens with zero attached hydrogens (tertiary/aromatic N) is 1. The van der Waals surface area contributed by atoms with Gasteiger partial charge in [-0.25, -0.2) is 4.79 Å². The zero-order valence-electron chi connectivity index (χ0n) is 13.8. The Bertz CT molecular complexity index is 825. The second-order valence-corrected chi connectivity index (χ2v) is 6.35. The average molecular weight is 343 g/mol. The van der Waals surface area contributed by atoms with Crippen molar-refractivity contribution in [3.8, 4) is 5.75 Å². The number of phenols is 1. The minimum atomic E-state index is -0.673. The van der Waals surface area contributed by atoms with Crippen LogP contribution in [0.2, 0.25) is 0 Å². The molecule has 0 aliphatic carbocycles. The molecule has 1 aliphatic rings. The molecular formula is C18H21N3O4. The monoisotopic (exact) mass is 343 g/mol. The number of carbonyl (C=O) groups excluding carboxylic acids is 1. The first kappa shape index (κ1) is 17.0. The molecule has 7 heteroatoms. The Morgan fingerprint density at radius 3 is 2.64 bits per heavy atom. The number of rotatable bonds is 4. The van der Waals surface area contributed by atoms with E-state index in [0.717, 1.165) is 43.7 Å². The average Bonchev–Trinajstić information content (AvgIpc) is 2.60. The highest BCUT2D eigenvalue weighted by Gasteiger charge is 2.28. The summed E-state index contributed by atoms with van der Waals surface area (Å²) in [5, 5.41) is 9.35. The largest absolute Gasteiger partial charge is 0.508 e. The number of piperidine rings is 1. The Hall–Kier alpha value is -2.83. The smallest absolute Gasteiger partial charge is 0.326 e. The number of aromatic nitrogens is 2. The van der Waals surface area contributed by atoms with Crippen molar-refractivity contribution in [2.45, 2.75) is 38.1 Å². The molecule has 1 atom stereocenters. The number of nitrogens with one attached hydrogen (secondary N) is 2. The van der Waals surface area contributed by atoms with Gasteiger partial charge in [-0.1, -0.05) is 12.1 Å². The van der Waals surface area contributed by atoms with Gasteiger partial charge in [-0.3, -0.25) is 14.6 Å². The number of hydrogen-bond acceptors (Lipinski definition) is 4. The van der Waals surface area contributed by atoms with Crippen molar-refractivity contribution in [3.05, 3.63) is 62.4 Å². The van der Waals surface area contributed by atoms with Gasteiger partial charge in [0.1, 0.15) is 11.4 Å².